The van der Waals surface area contributed by atoms with Crippen molar-refractivity contribution >= 4 is 23.3 Å². The smallest absolute Gasteiger partial charge is 0.337 e. The van der Waals surface area contributed by atoms with E-state index in [2.05, 4.69) is 10.6 Å². The van der Waals surface area contributed by atoms with Gasteiger partial charge in [0.05, 0.1) is 16.9 Å². The summed E-state index contributed by atoms with van der Waals surface area (Å²) in [5.74, 6) is -1.18. The maximum Gasteiger partial charge on any atom is 0.337 e. The summed E-state index contributed by atoms with van der Waals surface area (Å²) in [4.78, 5) is 25.1. The highest BCUT2D eigenvalue weighted by atomic mass is 16.4. The van der Waals surface area contributed by atoms with Crippen molar-refractivity contribution in [2.75, 3.05) is 29.9 Å². The summed E-state index contributed by atoms with van der Waals surface area (Å²) in [6, 6.07) is 4.80. The molecule has 0 bridgehead atoms. The Hall–Kier alpha value is -2.08. The SMILES string of the molecule is O=C(O)c1cccc2c1NC(=O)C1CNCCN21. The number of carbonyl (C=O) groups excluding carboxylic acids is 1. The van der Waals surface area contributed by atoms with Crippen LogP contribution in [0.4, 0.5) is 11.4 Å². The first kappa shape index (κ1) is 11.0. The third-order valence-corrected chi connectivity index (χ3v) is 3.38. The van der Waals surface area contributed by atoms with Gasteiger partial charge >= 0.3 is 5.97 Å². The van der Waals surface area contributed by atoms with Crippen molar-refractivity contribution in [3.05, 3.63) is 23.8 Å². The van der Waals surface area contributed by atoms with E-state index in [-0.39, 0.29) is 17.5 Å². The van der Waals surface area contributed by atoms with Gasteiger partial charge in [-0.25, -0.2) is 4.79 Å². The number of fused-ring (bicyclic) bond motifs is 3. The summed E-state index contributed by atoms with van der Waals surface area (Å²) in [6.45, 7) is 2.08. The topological polar surface area (TPSA) is 81.7 Å². The lowest BCUT2D eigenvalue weighted by Crippen LogP contribution is -2.59. The van der Waals surface area contributed by atoms with Gasteiger partial charge < -0.3 is 20.6 Å². The number of rotatable bonds is 1. The third-order valence-electron chi connectivity index (χ3n) is 3.38. The molecule has 2 aliphatic heterocycles. The number of nitrogens with one attached hydrogen (secondary N) is 2. The van der Waals surface area contributed by atoms with Crippen molar-refractivity contribution in [2.45, 2.75) is 6.04 Å². The zero-order valence-electron chi connectivity index (χ0n) is 9.64. The molecule has 1 atom stereocenters. The van der Waals surface area contributed by atoms with E-state index < -0.39 is 5.97 Å². The largest absolute Gasteiger partial charge is 0.478 e. The summed E-state index contributed by atoms with van der Waals surface area (Å²) in [6.07, 6.45) is 0. The number of carboxylic acid groups (broad SMARTS) is 1. The van der Waals surface area contributed by atoms with Crippen LogP contribution in [0.1, 0.15) is 10.4 Å². The monoisotopic (exact) mass is 247 g/mol. The van der Waals surface area contributed by atoms with Gasteiger partial charge in [-0.1, -0.05) is 6.07 Å². The lowest BCUT2D eigenvalue weighted by molar-refractivity contribution is -0.117. The Kier molecular flexibility index (Phi) is 2.45. The summed E-state index contributed by atoms with van der Waals surface area (Å²) < 4.78 is 0. The number of amides is 1. The molecule has 0 aliphatic carbocycles. The first-order valence-electron chi connectivity index (χ1n) is 5.83. The summed E-state index contributed by atoms with van der Waals surface area (Å²) >= 11 is 0. The zero-order valence-corrected chi connectivity index (χ0v) is 9.64. The fourth-order valence-corrected chi connectivity index (χ4v) is 2.52. The molecule has 6 heteroatoms. The van der Waals surface area contributed by atoms with E-state index in [1.54, 1.807) is 6.07 Å². The molecule has 0 aromatic heterocycles. The maximum absolute atomic E-state index is 12.0. The van der Waals surface area contributed by atoms with Crippen LogP contribution in [0, 0.1) is 0 Å². The zero-order chi connectivity index (χ0) is 12.7. The number of nitrogens with zero attached hydrogens (tertiary/aromatic N) is 1. The third kappa shape index (κ3) is 1.53. The highest BCUT2D eigenvalue weighted by molar-refractivity contribution is 6.10. The number of carboxylic acids is 1. The van der Waals surface area contributed by atoms with Crippen LogP contribution in [0.5, 0.6) is 0 Å². The second-order valence-electron chi connectivity index (χ2n) is 4.41. The van der Waals surface area contributed by atoms with Gasteiger partial charge in [0.1, 0.15) is 6.04 Å². The van der Waals surface area contributed by atoms with Crippen LogP contribution in [-0.2, 0) is 4.79 Å². The van der Waals surface area contributed by atoms with Crippen molar-refractivity contribution in [3.8, 4) is 0 Å². The summed E-state index contributed by atoms with van der Waals surface area (Å²) in [5.41, 5.74) is 1.34. The molecule has 3 rings (SSSR count). The Morgan fingerprint density at radius 1 is 1.44 bits per heavy atom. The van der Waals surface area contributed by atoms with Crippen molar-refractivity contribution in [1.29, 1.82) is 0 Å². The molecule has 2 aliphatic rings. The van der Waals surface area contributed by atoms with Crippen molar-refractivity contribution in [2.24, 2.45) is 0 Å². The molecule has 6 nitrogen and oxygen atoms in total. The molecule has 1 aromatic rings. The Bertz CT molecular complexity index is 529. The van der Waals surface area contributed by atoms with E-state index >= 15 is 0 Å². The van der Waals surface area contributed by atoms with Crippen LogP contribution in [0.15, 0.2) is 18.2 Å². The number of para-hydroxylation sites is 1. The molecule has 1 fully saturated rings. The number of hydrogen-bond donors (Lipinski definition) is 3. The molecule has 0 radical (unpaired) electrons. The van der Waals surface area contributed by atoms with Gasteiger partial charge in [0, 0.05) is 19.6 Å². The normalized spacial score (nSPS) is 21.9. The minimum atomic E-state index is -1.03. The molecule has 1 unspecified atom stereocenters. The van der Waals surface area contributed by atoms with Crippen LogP contribution in [-0.4, -0.2) is 42.7 Å². The highest BCUT2D eigenvalue weighted by Crippen LogP contribution is 2.35. The minimum Gasteiger partial charge on any atom is -0.478 e. The lowest BCUT2D eigenvalue weighted by atomic mass is 10.0. The second kappa shape index (κ2) is 3.99. The fraction of sp³-hybridized carbons (Fsp3) is 0.333. The molecular formula is C12H13N3O3. The van der Waals surface area contributed by atoms with E-state index in [0.717, 1.165) is 12.2 Å². The van der Waals surface area contributed by atoms with Gasteiger partial charge in [0.2, 0.25) is 5.91 Å². The number of aromatic carboxylic acids is 1. The van der Waals surface area contributed by atoms with E-state index in [0.29, 0.717) is 18.8 Å². The predicted octanol–water partition coefficient (Wildman–Crippen LogP) is 0.115. The Labute approximate surface area is 104 Å². The van der Waals surface area contributed by atoms with Crippen LogP contribution < -0.4 is 15.5 Å². The van der Waals surface area contributed by atoms with Crippen molar-refractivity contribution in [1.82, 2.24) is 5.32 Å². The average molecular weight is 247 g/mol. The molecule has 1 saturated heterocycles. The van der Waals surface area contributed by atoms with Crippen molar-refractivity contribution in [3.63, 3.8) is 0 Å². The lowest BCUT2D eigenvalue weighted by Gasteiger charge is -2.41. The first-order valence-corrected chi connectivity index (χ1v) is 5.83. The molecule has 1 aromatic carbocycles. The van der Waals surface area contributed by atoms with E-state index in [1.807, 2.05) is 11.0 Å². The molecule has 0 spiro atoms. The number of hydrogen-bond acceptors (Lipinski definition) is 4. The standard InChI is InChI=1S/C12H13N3O3/c16-11-9-6-13-4-5-15(9)8-3-1-2-7(12(17)18)10(8)14-11/h1-3,9,13H,4-6H2,(H,14,16)(H,17,18). The fourth-order valence-electron chi connectivity index (χ4n) is 2.52. The average Bonchev–Trinajstić information content (AvgIpc) is 2.38. The highest BCUT2D eigenvalue weighted by Gasteiger charge is 2.36. The Balaban J connectivity index is 2.12. The molecular weight excluding hydrogens is 234 g/mol. The molecule has 94 valence electrons. The predicted molar refractivity (Wildman–Crippen MR) is 66.0 cm³/mol. The Morgan fingerprint density at radius 3 is 3.06 bits per heavy atom. The van der Waals surface area contributed by atoms with Gasteiger partial charge in [0.25, 0.3) is 0 Å². The van der Waals surface area contributed by atoms with Crippen LogP contribution >= 0.6 is 0 Å². The van der Waals surface area contributed by atoms with Gasteiger partial charge in [0.15, 0.2) is 0 Å². The number of benzene rings is 1. The molecule has 18 heavy (non-hydrogen) atoms. The van der Waals surface area contributed by atoms with Crippen molar-refractivity contribution < 1.29 is 14.7 Å². The van der Waals surface area contributed by atoms with Gasteiger partial charge in [-0.15, -0.1) is 0 Å². The second-order valence-corrected chi connectivity index (χ2v) is 4.41. The quantitative estimate of drug-likeness (QED) is 0.656. The van der Waals surface area contributed by atoms with E-state index in [4.69, 9.17) is 5.11 Å². The molecule has 0 saturated carbocycles. The molecule has 1 amide bonds. The number of carbonyl (C=O) groups is 2. The summed E-state index contributed by atoms with van der Waals surface area (Å²) in [7, 11) is 0. The minimum absolute atomic E-state index is 0.137. The van der Waals surface area contributed by atoms with E-state index in [9.17, 15) is 9.59 Å². The van der Waals surface area contributed by atoms with Crippen LogP contribution in [0.2, 0.25) is 0 Å². The van der Waals surface area contributed by atoms with Gasteiger partial charge in [-0.2, -0.15) is 0 Å². The number of piperazine rings is 1. The molecule has 2 heterocycles. The summed E-state index contributed by atoms with van der Waals surface area (Å²) in [5, 5.41) is 15.0. The van der Waals surface area contributed by atoms with Gasteiger partial charge in [-0.05, 0) is 12.1 Å². The van der Waals surface area contributed by atoms with Crippen LogP contribution in [0.25, 0.3) is 0 Å². The Morgan fingerprint density at radius 2 is 2.28 bits per heavy atom. The van der Waals surface area contributed by atoms with Gasteiger partial charge in [-0.3, -0.25) is 4.79 Å². The first-order chi connectivity index (χ1) is 8.68. The number of anilines is 2. The molecule has 3 N–H and O–H groups in total. The van der Waals surface area contributed by atoms with Crippen LogP contribution in [0.3, 0.4) is 0 Å². The maximum atomic E-state index is 12.0. The van der Waals surface area contributed by atoms with E-state index in [1.165, 1.54) is 6.07 Å².